The highest BCUT2D eigenvalue weighted by Gasteiger charge is 2.44. The second-order valence-corrected chi connectivity index (χ2v) is 5.60. The van der Waals surface area contributed by atoms with Crippen molar-refractivity contribution in [2.24, 2.45) is 11.3 Å². The smallest absolute Gasteiger partial charge is 0.132 e. The molecule has 2 nitrogen and oxygen atoms in total. The van der Waals surface area contributed by atoms with Crippen LogP contribution >= 0.6 is 0 Å². The lowest BCUT2D eigenvalue weighted by Crippen LogP contribution is -2.57. The molecule has 1 spiro atoms. The molecule has 0 unspecified atom stereocenters. The van der Waals surface area contributed by atoms with E-state index in [4.69, 9.17) is 0 Å². The Kier molecular flexibility index (Phi) is 3.15. The van der Waals surface area contributed by atoms with E-state index in [-0.39, 0.29) is 0 Å². The molecule has 0 N–H and O–H groups in total. The largest absolute Gasteiger partial charge is 0.302 e. The Hall–Kier alpha value is -0.370. The van der Waals surface area contributed by atoms with E-state index in [1.165, 1.54) is 38.9 Å². The molecule has 2 heteroatoms. The summed E-state index contributed by atoms with van der Waals surface area (Å²) in [6, 6.07) is 0. The van der Waals surface area contributed by atoms with Crippen molar-refractivity contribution >= 4 is 5.78 Å². The maximum absolute atomic E-state index is 11.3. The number of ketones is 1. The Balaban J connectivity index is 1.77. The van der Waals surface area contributed by atoms with E-state index in [0.717, 1.165) is 12.8 Å². The summed E-state index contributed by atoms with van der Waals surface area (Å²) in [5.74, 6) is 0.797. The van der Waals surface area contributed by atoms with Crippen LogP contribution in [0.2, 0.25) is 0 Å². The molecule has 0 aromatic rings. The molecule has 86 valence electrons. The Labute approximate surface area is 93.0 Å². The van der Waals surface area contributed by atoms with Gasteiger partial charge in [-0.3, -0.25) is 4.79 Å². The first-order valence-corrected chi connectivity index (χ1v) is 6.38. The normalized spacial score (nSPS) is 26.5. The van der Waals surface area contributed by atoms with Crippen LogP contribution < -0.4 is 0 Å². The van der Waals surface area contributed by atoms with Gasteiger partial charge in [0.2, 0.25) is 0 Å². The molecule has 0 aromatic carbocycles. The number of hydrogen-bond donors (Lipinski definition) is 0. The van der Waals surface area contributed by atoms with Crippen LogP contribution in [0.5, 0.6) is 0 Å². The Morgan fingerprint density at radius 1 is 1.33 bits per heavy atom. The fraction of sp³-hybridized carbons (Fsp3) is 0.923. The van der Waals surface area contributed by atoms with Crippen LogP contribution in [0.4, 0.5) is 0 Å². The second-order valence-electron chi connectivity index (χ2n) is 5.60. The summed E-state index contributed by atoms with van der Waals surface area (Å²) in [7, 11) is 0. The standard InChI is InChI=1S/C13H23NO/c1-3-8-14-9-13(10-14)6-4-12(5-7-13)11(2)15/h12H,3-10H2,1-2H3. The van der Waals surface area contributed by atoms with Gasteiger partial charge < -0.3 is 4.90 Å². The third kappa shape index (κ3) is 2.25. The van der Waals surface area contributed by atoms with Crippen LogP contribution in [0.15, 0.2) is 0 Å². The van der Waals surface area contributed by atoms with Crippen LogP contribution in [0.3, 0.4) is 0 Å². The van der Waals surface area contributed by atoms with E-state index in [0.29, 0.717) is 17.1 Å². The summed E-state index contributed by atoms with van der Waals surface area (Å²) in [4.78, 5) is 13.8. The Morgan fingerprint density at radius 2 is 1.93 bits per heavy atom. The van der Waals surface area contributed by atoms with E-state index < -0.39 is 0 Å². The SMILES string of the molecule is CCCN1CC2(CCC(C(C)=O)CC2)C1. The van der Waals surface area contributed by atoms with Crippen LogP contribution in [0.25, 0.3) is 0 Å². The summed E-state index contributed by atoms with van der Waals surface area (Å²) in [5, 5.41) is 0. The lowest BCUT2D eigenvalue weighted by Gasteiger charge is -2.53. The summed E-state index contributed by atoms with van der Waals surface area (Å²) >= 11 is 0. The number of carbonyl (C=O) groups is 1. The van der Waals surface area contributed by atoms with Crippen molar-refractivity contribution < 1.29 is 4.79 Å². The lowest BCUT2D eigenvalue weighted by molar-refractivity contribution is -0.124. The monoisotopic (exact) mass is 209 g/mol. The number of hydrogen-bond acceptors (Lipinski definition) is 2. The third-order valence-electron chi connectivity index (χ3n) is 4.28. The van der Waals surface area contributed by atoms with Crippen molar-refractivity contribution in [2.45, 2.75) is 46.0 Å². The molecule has 0 bridgehead atoms. The zero-order chi connectivity index (χ0) is 10.9. The maximum Gasteiger partial charge on any atom is 0.132 e. The van der Waals surface area contributed by atoms with E-state index >= 15 is 0 Å². The number of rotatable bonds is 3. The minimum absolute atomic E-state index is 0.385. The zero-order valence-electron chi connectivity index (χ0n) is 10.1. The molecule has 1 saturated carbocycles. The highest BCUT2D eigenvalue weighted by molar-refractivity contribution is 5.78. The van der Waals surface area contributed by atoms with Gasteiger partial charge in [0.05, 0.1) is 0 Å². The number of Topliss-reactive ketones (excluding diaryl/α,β-unsaturated/α-hetero) is 1. The molecule has 1 aliphatic heterocycles. The Morgan fingerprint density at radius 3 is 2.40 bits per heavy atom. The van der Waals surface area contributed by atoms with Crippen LogP contribution in [-0.4, -0.2) is 30.3 Å². The summed E-state index contributed by atoms with van der Waals surface area (Å²) in [6.45, 7) is 7.86. The van der Waals surface area contributed by atoms with Crippen molar-refractivity contribution in [1.82, 2.24) is 4.90 Å². The van der Waals surface area contributed by atoms with Crippen LogP contribution in [0.1, 0.15) is 46.0 Å². The molecule has 2 aliphatic rings. The summed E-state index contributed by atoms with van der Waals surface area (Å²) < 4.78 is 0. The van der Waals surface area contributed by atoms with Crippen LogP contribution in [-0.2, 0) is 4.79 Å². The topological polar surface area (TPSA) is 20.3 Å². The van der Waals surface area contributed by atoms with Gasteiger partial charge in [0.1, 0.15) is 5.78 Å². The van der Waals surface area contributed by atoms with Gasteiger partial charge in [-0.05, 0) is 51.0 Å². The molecule has 2 fully saturated rings. The van der Waals surface area contributed by atoms with Gasteiger partial charge in [-0.2, -0.15) is 0 Å². The van der Waals surface area contributed by atoms with E-state index in [9.17, 15) is 4.79 Å². The van der Waals surface area contributed by atoms with Gasteiger partial charge >= 0.3 is 0 Å². The second kappa shape index (κ2) is 4.25. The molecule has 0 aromatic heterocycles. The third-order valence-corrected chi connectivity index (χ3v) is 4.28. The average molecular weight is 209 g/mol. The van der Waals surface area contributed by atoms with Gasteiger partial charge in [-0.15, -0.1) is 0 Å². The van der Waals surface area contributed by atoms with Crippen molar-refractivity contribution in [3.8, 4) is 0 Å². The average Bonchev–Trinajstić information content (AvgIpc) is 2.16. The molecular formula is C13H23NO. The van der Waals surface area contributed by atoms with Gasteiger partial charge in [-0.1, -0.05) is 6.92 Å². The van der Waals surface area contributed by atoms with Crippen molar-refractivity contribution in [2.75, 3.05) is 19.6 Å². The van der Waals surface area contributed by atoms with E-state index in [1.54, 1.807) is 6.92 Å². The molecule has 0 atom stereocenters. The fourth-order valence-corrected chi connectivity index (χ4v) is 3.33. The minimum atomic E-state index is 0.385. The molecule has 1 aliphatic carbocycles. The van der Waals surface area contributed by atoms with Gasteiger partial charge in [0.15, 0.2) is 0 Å². The predicted molar refractivity (Wildman–Crippen MR) is 61.8 cm³/mol. The number of carbonyl (C=O) groups excluding carboxylic acids is 1. The summed E-state index contributed by atoms with van der Waals surface area (Å²) in [6.07, 6.45) is 6.14. The van der Waals surface area contributed by atoms with Crippen molar-refractivity contribution in [1.29, 1.82) is 0 Å². The minimum Gasteiger partial charge on any atom is -0.302 e. The Bertz CT molecular complexity index is 233. The van der Waals surface area contributed by atoms with Crippen molar-refractivity contribution in [3.63, 3.8) is 0 Å². The first-order chi connectivity index (χ1) is 7.15. The highest BCUT2D eigenvalue weighted by atomic mass is 16.1. The lowest BCUT2D eigenvalue weighted by atomic mass is 9.65. The fourth-order valence-electron chi connectivity index (χ4n) is 3.33. The van der Waals surface area contributed by atoms with Gasteiger partial charge in [0.25, 0.3) is 0 Å². The molecule has 1 saturated heterocycles. The molecular weight excluding hydrogens is 186 g/mol. The van der Waals surface area contributed by atoms with E-state index in [2.05, 4.69) is 11.8 Å². The summed E-state index contributed by atoms with van der Waals surface area (Å²) in [5.41, 5.74) is 0.612. The maximum atomic E-state index is 11.3. The first-order valence-electron chi connectivity index (χ1n) is 6.38. The molecule has 2 rings (SSSR count). The highest BCUT2D eigenvalue weighted by Crippen LogP contribution is 2.45. The molecule has 1 heterocycles. The first kappa shape index (κ1) is 11.1. The molecule has 0 radical (unpaired) electrons. The number of likely N-dealkylation sites (tertiary alicyclic amines) is 1. The van der Waals surface area contributed by atoms with Crippen molar-refractivity contribution in [3.05, 3.63) is 0 Å². The molecule has 0 amide bonds. The van der Waals surface area contributed by atoms with Crippen LogP contribution in [0, 0.1) is 11.3 Å². The zero-order valence-corrected chi connectivity index (χ0v) is 10.1. The number of nitrogens with zero attached hydrogens (tertiary/aromatic N) is 1. The van der Waals surface area contributed by atoms with Gasteiger partial charge in [-0.25, -0.2) is 0 Å². The van der Waals surface area contributed by atoms with E-state index in [1.807, 2.05) is 0 Å². The quantitative estimate of drug-likeness (QED) is 0.711. The molecule has 15 heavy (non-hydrogen) atoms. The predicted octanol–water partition coefficient (Wildman–Crippen LogP) is 2.48. The van der Waals surface area contributed by atoms with Gasteiger partial charge in [0, 0.05) is 19.0 Å².